The second kappa shape index (κ2) is 3980. The van der Waals surface area contributed by atoms with Gasteiger partial charge in [-0.25, -0.2) is 0 Å². The Morgan fingerprint density at radius 3 is 0.308 bits per heavy atom. The van der Waals surface area contributed by atoms with Gasteiger partial charge in [-0.2, -0.15) is 0 Å². The van der Waals surface area contributed by atoms with Gasteiger partial charge in [0.05, 0.1) is 0 Å². The minimum atomic E-state index is 0. The third-order valence-electron chi connectivity index (χ3n) is 0. The molecule has 0 aliphatic rings. The summed E-state index contributed by atoms with van der Waals surface area (Å²) in [5, 5.41) is 0. The minimum absolute atomic E-state index is 0. The van der Waals surface area contributed by atoms with E-state index < -0.39 is 0 Å². The molecule has 13 heavy (non-hydrogen) atoms. The summed E-state index contributed by atoms with van der Waals surface area (Å²) < 4.78 is 0. The molecule has 0 fully saturated rings. The van der Waals surface area contributed by atoms with Crippen LogP contribution in [0.2, 0.25) is 0 Å². The second-order valence-electron chi connectivity index (χ2n) is 0. The number of hydrogen-bond acceptors (Lipinski definition) is 0. The van der Waals surface area contributed by atoms with Crippen LogP contribution in [0.1, 0.15) is 1.43 Å². The fourth-order valence-corrected chi connectivity index (χ4v) is 0. The van der Waals surface area contributed by atoms with Gasteiger partial charge in [0, 0.05) is 0 Å². The van der Waals surface area contributed by atoms with Crippen molar-refractivity contribution in [3.8, 4) is 0 Å². The summed E-state index contributed by atoms with van der Waals surface area (Å²) in [6.45, 7) is 36.0. The van der Waals surface area contributed by atoms with Crippen molar-refractivity contribution in [2.45, 2.75) is 0 Å². The fourth-order valence-electron chi connectivity index (χ4n) is 0. The van der Waals surface area contributed by atoms with Gasteiger partial charge < -0.3 is 1.43 Å². The zero-order valence-electron chi connectivity index (χ0n) is 10.5. The molecule has 0 nitrogen and oxygen atoms in total. The summed E-state index contributed by atoms with van der Waals surface area (Å²) in [7, 11) is 0. The molecule has 0 rings (SSSR count). The first kappa shape index (κ1) is 55.0. The standard InChI is InChI=1S/6C2H4.Na.H/c6*1-2;;/h6*1-2H2;;/q;;;;;;+1;-1. The molecule has 0 spiro atoms. The molecule has 0 aromatic carbocycles. The van der Waals surface area contributed by atoms with Crippen LogP contribution in [0.4, 0.5) is 0 Å². The van der Waals surface area contributed by atoms with E-state index in [1.807, 2.05) is 0 Å². The van der Waals surface area contributed by atoms with Crippen molar-refractivity contribution in [1.82, 2.24) is 0 Å². The number of rotatable bonds is 0. The Morgan fingerprint density at radius 2 is 0.308 bits per heavy atom. The first-order chi connectivity index (χ1) is 6.00. The summed E-state index contributed by atoms with van der Waals surface area (Å²) in [5.74, 6) is 0. The van der Waals surface area contributed by atoms with Crippen molar-refractivity contribution in [3.63, 3.8) is 0 Å². The maximum absolute atomic E-state index is 3.00. The van der Waals surface area contributed by atoms with E-state index in [1.165, 1.54) is 0 Å². The van der Waals surface area contributed by atoms with E-state index in [9.17, 15) is 0 Å². The maximum atomic E-state index is 3.00. The molecule has 0 saturated carbocycles. The van der Waals surface area contributed by atoms with Gasteiger partial charge in [0.25, 0.3) is 0 Å². The monoisotopic (exact) mass is 192 g/mol. The topological polar surface area (TPSA) is 0 Å². The Balaban J connectivity index is -0.00000000500. The third-order valence-corrected chi connectivity index (χ3v) is 0. The summed E-state index contributed by atoms with van der Waals surface area (Å²) in [5.41, 5.74) is 0. The Bertz CT molecular complexity index is 25.8. The maximum Gasteiger partial charge on any atom is 1.00 e. The zero-order chi connectivity index (χ0) is 12.0. The molecule has 0 bridgehead atoms. The Labute approximate surface area is 110 Å². The van der Waals surface area contributed by atoms with Gasteiger partial charge in [-0.3, -0.25) is 0 Å². The van der Waals surface area contributed by atoms with Gasteiger partial charge in [0.2, 0.25) is 0 Å². The predicted molar refractivity (Wildman–Crippen MR) is 68.6 cm³/mol. The quantitative estimate of drug-likeness (QED) is 0.406. The van der Waals surface area contributed by atoms with Crippen molar-refractivity contribution in [2.24, 2.45) is 0 Å². The van der Waals surface area contributed by atoms with Crippen molar-refractivity contribution < 1.29 is 31.0 Å². The Hall–Kier alpha value is -0.560. The van der Waals surface area contributed by atoms with Gasteiger partial charge >= 0.3 is 29.6 Å². The predicted octanol–water partition coefficient (Wildman–Crippen LogP) is 1.93. The first-order valence-corrected chi connectivity index (χ1v) is 3.00. The van der Waals surface area contributed by atoms with E-state index >= 15 is 0 Å². The van der Waals surface area contributed by atoms with Gasteiger partial charge in [-0.1, -0.05) is 0 Å². The average molecular weight is 192 g/mol. The van der Waals surface area contributed by atoms with E-state index in [0.717, 1.165) is 0 Å². The van der Waals surface area contributed by atoms with Crippen molar-refractivity contribution in [2.75, 3.05) is 0 Å². The summed E-state index contributed by atoms with van der Waals surface area (Å²) in [6, 6.07) is 0. The van der Waals surface area contributed by atoms with Crippen LogP contribution in [0.3, 0.4) is 0 Å². The molecule has 74 valence electrons. The smallest absolute Gasteiger partial charge is 1.00 e. The van der Waals surface area contributed by atoms with Crippen LogP contribution in [0, 0.1) is 0 Å². The summed E-state index contributed by atoms with van der Waals surface area (Å²) >= 11 is 0. The van der Waals surface area contributed by atoms with E-state index in [2.05, 4.69) is 78.9 Å². The largest absolute Gasteiger partial charge is 1.00 e. The van der Waals surface area contributed by atoms with E-state index in [4.69, 9.17) is 0 Å². The van der Waals surface area contributed by atoms with Crippen LogP contribution in [0.5, 0.6) is 0 Å². The van der Waals surface area contributed by atoms with Crippen LogP contribution in [0.25, 0.3) is 0 Å². The molecule has 0 amide bonds. The van der Waals surface area contributed by atoms with Crippen molar-refractivity contribution in [1.29, 1.82) is 0 Å². The van der Waals surface area contributed by atoms with Gasteiger partial charge in [0.15, 0.2) is 0 Å². The molecule has 0 atom stereocenters. The van der Waals surface area contributed by atoms with Gasteiger partial charge in [-0.05, 0) is 0 Å². The van der Waals surface area contributed by atoms with Crippen LogP contribution in [0.15, 0.2) is 78.9 Å². The molecule has 0 saturated heterocycles. The molecule has 0 aromatic heterocycles. The molecule has 1 heteroatoms. The molecular weight excluding hydrogens is 167 g/mol. The molecule has 0 radical (unpaired) electrons. The second-order valence-corrected chi connectivity index (χ2v) is 0. The normalized spacial score (nSPS) is 1.85. The molecule has 0 aromatic rings. The Morgan fingerprint density at radius 1 is 0.308 bits per heavy atom. The van der Waals surface area contributed by atoms with Gasteiger partial charge in [0.1, 0.15) is 0 Å². The summed E-state index contributed by atoms with van der Waals surface area (Å²) in [6.07, 6.45) is 0. The van der Waals surface area contributed by atoms with E-state index in [0.29, 0.717) is 0 Å². The first-order valence-electron chi connectivity index (χ1n) is 3.00. The van der Waals surface area contributed by atoms with E-state index in [1.54, 1.807) is 0 Å². The van der Waals surface area contributed by atoms with Crippen molar-refractivity contribution in [3.05, 3.63) is 78.9 Å². The van der Waals surface area contributed by atoms with Crippen LogP contribution >= 0.6 is 0 Å². The zero-order valence-corrected chi connectivity index (χ0v) is 11.5. The minimum Gasteiger partial charge on any atom is -1.00 e. The van der Waals surface area contributed by atoms with Gasteiger partial charge in [-0.15, -0.1) is 78.9 Å². The Kier molecular flexibility index (Phi) is 16800. The van der Waals surface area contributed by atoms with Crippen LogP contribution in [-0.2, 0) is 0 Å². The summed E-state index contributed by atoms with van der Waals surface area (Å²) in [4.78, 5) is 0. The molecule has 0 aliphatic heterocycles. The molecule has 0 heterocycles. The molecule has 0 N–H and O–H groups in total. The van der Waals surface area contributed by atoms with Crippen LogP contribution < -0.4 is 29.6 Å². The fraction of sp³-hybridized carbons (Fsp3) is 0. The average Bonchev–Trinajstić information content (AvgIpc) is 2.33. The molecular formula is C12H25Na. The van der Waals surface area contributed by atoms with Crippen molar-refractivity contribution >= 4 is 0 Å². The van der Waals surface area contributed by atoms with E-state index in [-0.39, 0.29) is 31.0 Å². The van der Waals surface area contributed by atoms with Crippen LogP contribution in [-0.4, -0.2) is 0 Å². The SMILES string of the molecule is C=C.C=C.C=C.C=C.C=C.C=C.[H-].[Na+]. The third kappa shape index (κ3) is 3250. The molecule has 0 unspecified atom stereocenters. The molecule has 0 aliphatic carbocycles. The number of hydrogen-bond donors (Lipinski definition) is 0.